The first kappa shape index (κ1) is 14.0. The van der Waals surface area contributed by atoms with Crippen LogP contribution in [-0.2, 0) is 11.3 Å². The number of carbonyl (C=O) groups is 1. The Bertz CT molecular complexity index is 412. The number of nitrogens with zero attached hydrogens (tertiary/aromatic N) is 3. The van der Waals surface area contributed by atoms with Crippen molar-refractivity contribution in [3.8, 4) is 6.07 Å². The maximum atomic E-state index is 11.8. The van der Waals surface area contributed by atoms with Gasteiger partial charge in [0.25, 0.3) is 0 Å². The van der Waals surface area contributed by atoms with Gasteiger partial charge < -0.3 is 9.64 Å². The van der Waals surface area contributed by atoms with E-state index >= 15 is 0 Å². The number of hydrogen-bond donors (Lipinski definition) is 0. The molecule has 96 valence electrons. The van der Waals surface area contributed by atoms with Crippen molar-refractivity contribution in [2.75, 3.05) is 6.54 Å². The first-order chi connectivity index (χ1) is 8.63. The Morgan fingerprint density at radius 3 is 2.94 bits per heavy atom. The van der Waals surface area contributed by atoms with Gasteiger partial charge in [0.2, 0.25) is 0 Å². The Hall–Kier alpha value is -2.09. The SMILES string of the molecule is CC(C)OC(=O)N(CCC#N)Cc1cccnc1. The fourth-order valence-electron chi connectivity index (χ4n) is 1.41. The molecule has 1 heterocycles. The van der Waals surface area contributed by atoms with Crippen molar-refractivity contribution < 1.29 is 9.53 Å². The van der Waals surface area contributed by atoms with E-state index in [0.717, 1.165) is 5.56 Å². The van der Waals surface area contributed by atoms with E-state index in [9.17, 15) is 4.79 Å². The van der Waals surface area contributed by atoms with E-state index < -0.39 is 6.09 Å². The molecular weight excluding hydrogens is 230 g/mol. The molecule has 0 aromatic carbocycles. The minimum atomic E-state index is -0.399. The summed E-state index contributed by atoms with van der Waals surface area (Å²) >= 11 is 0. The topological polar surface area (TPSA) is 66.2 Å². The monoisotopic (exact) mass is 247 g/mol. The molecule has 5 heteroatoms. The van der Waals surface area contributed by atoms with Crippen molar-refractivity contribution >= 4 is 6.09 Å². The Morgan fingerprint density at radius 1 is 1.61 bits per heavy atom. The quantitative estimate of drug-likeness (QED) is 0.801. The number of pyridine rings is 1. The molecule has 18 heavy (non-hydrogen) atoms. The van der Waals surface area contributed by atoms with E-state index in [1.807, 2.05) is 18.2 Å². The summed E-state index contributed by atoms with van der Waals surface area (Å²) in [6.45, 7) is 4.35. The van der Waals surface area contributed by atoms with Crippen LogP contribution in [0, 0.1) is 11.3 Å². The Kier molecular flexibility index (Phi) is 5.65. The van der Waals surface area contributed by atoms with E-state index in [2.05, 4.69) is 4.98 Å². The molecule has 0 saturated heterocycles. The summed E-state index contributed by atoms with van der Waals surface area (Å²) in [5.74, 6) is 0. The Morgan fingerprint density at radius 2 is 2.39 bits per heavy atom. The van der Waals surface area contributed by atoms with Gasteiger partial charge >= 0.3 is 6.09 Å². The normalized spacial score (nSPS) is 9.89. The van der Waals surface area contributed by atoms with Crippen LogP contribution in [0.5, 0.6) is 0 Å². The van der Waals surface area contributed by atoms with Gasteiger partial charge in [-0.15, -0.1) is 0 Å². The summed E-state index contributed by atoms with van der Waals surface area (Å²) in [6, 6.07) is 5.72. The molecule has 0 radical (unpaired) electrons. The number of hydrogen-bond acceptors (Lipinski definition) is 4. The van der Waals surface area contributed by atoms with Gasteiger partial charge in [-0.3, -0.25) is 4.98 Å². The van der Waals surface area contributed by atoms with Gasteiger partial charge in [0.1, 0.15) is 0 Å². The lowest BCUT2D eigenvalue weighted by atomic mass is 10.2. The highest BCUT2D eigenvalue weighted by atomic mass is 16.6. The van der Waals surface area contributed by atoms with Gasteiger partial charge in [-0.25, -0.2) is 4.79 Å². The van der Waals surface area contributed by atoms with Crippen molar-refractivity contribution in [1.82, 2.24) is 9.88 Å². The zero-order valence-corrected chi connectivity index (χ0v) is 10.7. The van der Waals surface area contributed by atoms with Gasteiger partial charge in [0, 0.05) is 18.9 Å². The fourth-order valence-corrected chi connectivity index (χ4v) is 1.41. The molecule has 0 unspecified atom stereocenters. The van der Waals surface area contributed by atoms with Gasteiger partial charge in [-0.2, -0.15) is 5.26 Å². The lowest BCUT2D eigenvalue weighted by Crippen LogP contribution is -2.33. The Balaban J connectivity index is 2.66. The summed E-state index contributed by atoms with van der Waals surface area (Å²) in [4.78, 5) is 17.3. The van der Waals surface area contributed by atoms with Crippen LogP contribution < -0.4 is 0 Å². The van der Waals surface area contributed by atoms with Crippen molar-refractivity contribution in [3.05, 3.63) is 30.1 Å². The zero-order valence-electron chi connectivity index (χ0n) is 10.7. The molecule has 1 aromatic heterocycles. The summed E-state index contributed by atoms with van der Waals surface area (Å²) in [7, 11) is 0. The third-order valence-electron chi connectivity index (χ3n) is 2.18. The second-order valence-corrected chi connectivity index (χ2v) is 4.12. The number of carbonyl (C=O) groups excluding carboxylic acids is 1. The molecule has 0 aliphatic rings. The molecule has 0 bridgehead atoms. The van der Waals surface area contributed by atoms with Crippen LogP contribution in [0.4, 0.5) is 4.79 Å². The summed E-state index contributed by atoms with van der Waals surface area (Å²) in [6.07, 6.45) is 3.09. The average Bonchev–Trinajstić information content (AvgIpc) is 2.34. The molecule has 1 rings (SSSR count). The van der Waals surface area contributed by atoms with E-state index in [4.69, 9.17) is 10.00 Å². The highest BCUT2D eigenvalue weighted by molar-refractivity contribution is 5.67. The van der Waals surface area contributed by atoms with Crippen molar-refractivity contribution in [2.24, 2.45) is 0 Å². The highest BCUT2D eigenvalue weighted by Gasteiger charge is 2.16. The van der Waals surface area contributed by atoms with Crippen LogP contribution in [0.2, 0.25) is 0 Å². The Labute approximate surface area is 107 Å². The number of amides is 1. The predicted molar refractivity (Wildman–Crippen MR) is 66.5 cm³/mol. The number of aromatic nitrogens is 1. The number of ether oxygens (including phenoxy) is 1. The molecule has 1 amide bonds. The third-order valence-corrected chi connectivity index (χ3v) is 2.18. The molecular formula is C13H17N3O2. The van der Waals surface area contributed by atoms with Crippen LogP contribution in [0.25, 0.3) is 0 Å². The second kappa shape index (κ2) is 7.28. The minimum absolute atomic E-state index is 0.170. The maximum Gasteiger partial charge on any atom is 0.410 e. The largest absolute Gasteiger partial charge is 0.447 e. The van der Waals surface area contributed by atoms with E-state index in [1.165, 1.54) is 4.90 Å². The predicted octanol–water partition coefficient (Wildman–Crippen LogP) is 2.34. The van der Waals surface area contributed by atoms with Crippen LogP contribution in [0.3, 0.4) is 0 Å². The lowest BCUT2D eigenvalue weighted by Gasteiger charge is -2.22. The molecule has 0 N–H and O–H groups in total. The first-order valence-corrected chi connectivity index (χ1v) is 5.85. The summed E-state index contributed by atoms with van der Waals surface area (Å²) in [5.41, 5.74) is 0.913. The highest BCUT2D eigenvalue weighted by Crippen LogP contribution is 2.07. The molecule has 1 aromatic rings. The van der Waals surface area contributed by atoms with Crippen LogP contribution in [0.15, 0.2) is 24.5 Å². The van der Waals surface area contributed by atoms with Gasteiger partial charge in [-0.1, -0.05) is 6.07 Å². The molecule has 0 aliphatic carbocycles. The van der Waals surface area contributed by atoms with Crippen molar-refractivity contribution in [1.29, 1.82) is 5.26 Å². The van der Waals surface area contributed by atoms with Crippen molar-refractivity contribution in [3.63, 3.8) is 0 Å². The molecule has 0 aliphatic heterocycles. The van der Waals surface area contributed by atoms with E-state index in [0.29, 0.717) is 13.1 Å². The average molecular weight is 247 g/mol. The van der Waals surface area contributed by atoms with Crippen molar-refractivity contribution in [2.45, 2.75) is 32.9 Å². The van der Waals surface area contributed by atoms with Crippen LogP contribution in [-0.4, -0.2) is 28.6 Å². The summed E-state index contributed by atoms with van der Waals surface area (Å²) < 4.78 is 5.14. The molecule has 5 nitrogen and oxygen atoms in total. The maximum absolute atomic E-state index is 11.8. The minimum Gasteiger partial charge on any atom is -0.447 e. The number of rotatable bonds is 5. The van der Waals surface area contributed by atoms with E-state index in [1.54, 1.807) is 26.2 Å². The third kappa shape index (κ3) is 4.83. The first-order valence-electron chi connectivity index (χ1n) is 5.85. The molecule has 0 saturated carbocycles. The smallest absolute Gasteiger partial charge is 0.410 e. The fraction of sp³-hybridized carbons (Fsp3) is 0.462. The van der Waals surface area contributed by atoms with Crippen LogP contribution >= 0.6 is 0 Å². The summed E-state index contributed by atoms with van der Waals surface area (Å²) in [5, 5.41) is 8.60. The molecule has 0 atom stereocenters. The standard InChI is InChI=1S/C13H17N3O2/c1-11(2)18-13(17)16(8-4-6-14)10-12-5-3-7-15-9-12/h3,5,7,9,11H,4,8,10H2,1-2H3. The molecule has 0 spiro atoms. The lowest BCUT2D eigenvalue weighted by molar-refractivity contribution is 0.0751. The number of nitriles is 1. The second-order valence-electron chi connectivity index (χ2n) is 4.12. The van der Waals surface area contributed by atoms with Gasteiger partial charge in [0.15, 0.2) is 0 Å². The van der Waals surface area contributed by atoms with E-state index in [-0.39, 0.29) is 12.5 Å². The van der Waals surface area contributed by atoms with Gasteiger partial charge in [0.05, 0.1) is 25.1 Å². The molecule has 0 fully saturated rings. The zero-order chi connectivity index (χ0) is 13.4. The van der Waals surface area contributed by atoms with Gasteiger partial charge in [-0.05, 0) is 25.5 Å². The van der Waals surface area contributed by atoms with Crippen LogP contribution in [0.1, 0.15) is 25.8 Å².